The number of rotatable bonds is 1. The van der Waals surface area contributed by atoms with Crippen LogP contribution in [0.5, 0.6) is 0 Å². The molecule has 2 atom stereocenters. The van der Waals surface area contributed by atoms with Gasteiger partial charge in [0.2, 0.25) is 0 Å². The largest absolute Gasteiger partial charge is 0.299 e. The number of ketones is 1. The van der Waals surface area contributed by atoms with Crippen LogP contribution >= 0.6 is 23.5 Å². The fraction of sp³-hybridized carbons (Fsp3) is 0.909. The summed E-state index contributed by atoms with van der Waals surface area (Å²) >= 11 is 4.20. The Morgan fingerprint density at radius 1 is 1.36 bits per heavy atom. The van der Waals surface area contributed by atoms with Gasteiger partial charge >= 0.3 is 0 Å². The molecule has 0 bridgehead atoms. The van der Waals surface area contributed by atoms with Gasteiger partial charge in [0.15, 0.2) is 0 Å². The molecule has 2 fully saturated rings. The van der Waals surface area contributed by atoms with Crippen LogP contribution in [0, 0.1) is 11.8 Å². The molecule has 1 aliphatic carbocycles. The fourth-order valence-corrected chi connectivity index (χ4v) is 6.22. The quantitative estimate of drug-likeness (QED) is 0.688. The van der Waals surface area contributed by atoms with Gasteiger partial charge in [-0.05, 0) is 19.3 Å². The SMILES string of the molecule is CCC1CC2(CC(C)C1=O)SCCS2. The van der Waals surface area contributed by atoms with Crippen LogP contribution in [-0.2, 0) is 4.79 Å². The molecule has 2 aliphatic rings. The molecule has 0 amide bonds. The van der Waals surface area contributed by atoms with Crippen molar-refractivity contribution in [1.29, 1.82) is 0 Å². The predicted molar refractivity (Wildman–Crippen MR) is 64.8 cm³/mol. The van der Waals surface area contributed by atoms with Gasteiger partial charge in [-0.3, -0.25) is 4.79 Å². The number of hydrogen-bond donors (Lipinski definition) is 0. The lowest BCUT2D eigenvalue weighted by Gasteiger charge is -2.38. The van der Waals surface area contributed by atoms with E-state index in [-0.39, 0.29) is 0 Å². The van der Waals surface area contributed by atoms with Crippen LogP contribution in [0.1, 0.15) is 33.1 Å². The first-order valence-corrected chi connectivity index (χ1v) is 7.45. The van der Waals surface area contributed by atoms with Gasteiger partial charge in [0.1, 0.15) is 5.78 Å². The third kappa shape index (κ3) is 1.85. The summed E-state index contributed by atoms with van der Waals surface area (Å²) < 4.78 is 0.411. The fourth-order valence-electron chi connectivity index (χ4n) is 2.61. The van der Waals surface area contributed by atoms with E-state index in [1.54, 1.807) is 0 Å². The summed E-state index contributed by atoms with van der Waals surface area (Å²) in [6.45, 7) is 4.27. The lowest BCUT2D eigenvalue weighted by atomic mass is 9.79. The van der Waals surface area contributed by atoms with Gasteiger partial charge in [-0.1, -0.05) is 13.8 Å². The van der Waals surface area contributed by atoms with Gasteiger partial charge in [0.05, 0.1) is 4.08 Å². The minimum Gasteiger partial charge on any atom is -0.299 e. The third-order valence-corrected chi connectivity index (χ3v) is 6.87. The van der Waals surface area contributed by atoms with Gasteiger partial charge in [-0.2, -0.15) is 0 Å². The minimum absolute atomic E-state index is 0.298. The number of hydrogen-bond acceptors (Lipinski definition) is 3. The molecule has 0 radical (unpaired) electrons. The van der Waals surface area contributed by atoms with E-state index in [1.165, 1.54) is 11.5 Å². The second kappa shape index (κ2) is 4.09. The molecule has 1 nitrogen and oxygen atoms in total. The van der Waals surface area contributed by atoms with Crippen LogP contribution in [0.3, 0.4) is 0 Å². The Labute approximate surface area is 94.8 Å². The summed E-state index contributed by atoms with van der Waals surface area (Å²) in [5, 5.41) is 0. The van der Waals surface area contributed by atoms with Gasteiger partial charge in [0, 0.05) is 23.3 Å². The summed E-state index contributed by atoms with van der Waals surface area (Å²) in [5.41, 5.74) is 0. The van der Waals surface area contributed by atoms with E-state index >= 15 is 0 Å². The molecule has 1 saturated carbocycles. The highest BCUT2D eigenvalue weighted by Gasteiger charge is 2.45. The van der Waals surface area contributed by atoms with Crippen molar-refractivity contribution in [1.82, 2.24) is 0 Å². The van der Waals surface area contributed by atoms with Crippen LogP contribution in [0.25, 0.3) is 0 Å². The maximum Gasteiger partial charge on any atom is 0.138 e. The summed E-state index contributed by atoms with van der Waals surface area (Å²) in [6.07, 6.45) is 3.27. The highest BCUT2D eigenvalue weighted by atomic mass is 32.2. The van der Waals surface area contributed by atoms with Crippen molar-refractivity contribution in [3.05, 3.63) is 0 Å². The number of carbonyl (C=O) groups is 1. The molecule has 0 aromatic heterocycles. The molecule has 0 N–H and O–H groups in total. The van der Waals surface area contributed by atoms with Crippen molar-refractivity contribution in [2.24, 2.45) is 11.8 Å². The molecular weight excluding hydrogens is 212 g/mol. The smallest absolute Gasteiger partial charge is 0.138 e. The van der Waals surface area contributed by atoms with Crippen molar-refractivity contribution >= 4 is 29.3 Å². The molecule has 0 aromatic carbocycles. The summed E-state index contributed by atoms with van der Waals surface area (Å²) in [7, 11) is 0. The van der Waals surface area contributed by atoms with Crippen LogP contribution < -0.4 is 0 Å². The summed E-state index contributed by atoms with van der Waals surface area (Å²) in [4.78, 5) is 11.9. The summed E-state index contributed by atoms with van der Waals surface area (Å²) in [6, 6.07) is 0. The zero-order chi connectivity index (χ0) is 10.2. The normalized spacial score (nSPS) is 36.6. The first-order valence-electron chi connectivity index (χ1n) is 5.48. The molecular formula is C11H18OS2. The molecule has 80 valence electrons. The highest BCUT2D eigenvalue weighted by Crippen LogP contribution is 2.55. The van der Waals surface area contributed by atoms with Gasteiger partial charge in [-0.25, -0.2) is 0 Å². The van der Waals surface area contributed by atoms with E-state index in [2.05, 4.69) is 37.4 Å². The summed E-state index contributed by atoms with van der Waals surface area (Å²) in [5.74, 6) is 3.72. The average molecular weight is 230 g/mol. The Balaban J connectivity index is 2.12. The molecule has 2 rings (SSSR count). The Morgan fingerprint density at radius 3 is 2.57 bits per heavy atom. The molecule has 14 heavy (non-hydrogen) atoms. The number of Topliss-reactive ketones (excluding diaryl/α,β-unsaturated/α-hetero) is 1. The first-order chi connectivity index (χ1) is 6.67. The van der Waals surface area contributed by atoms with Crippen LogP contribution in [0.4, 0.5) is 0 Å². The number of carbonyl (C=O) groups excluding carboxylic acids is 1. The monoisotopic (exact) mass is 230 g/mol. The van der Waals surface area contributed by atoms with Gasteiger partial charge in [0.25, 0.3) is 0 Å². The average Bonchev–Trinajstić information content (AvgIpc) is 2.60. The predicted octanol–water partition coefficient (Wildman–Crippen LogP) is 3.19. The lowest BCUT2D eigenvalue weighted by molar-refractivity contribution is -0.128. The minimum atomic E-state index is 0.298. The topological polar surface area (TPSA) is 17.1 Å². The van der Waals surface area contributed by atoms with Gasteiger partial charge < -0.3 is 0 Å². The van der Waals surface area contributed by atoms with Crippen molar-refractivity contribution in [2.75, 3.05) is 11.5 Å². The van der Waals surface area contributed by atoms with Gasteiger partial charge in [-0.15, -0.1) is 23.5 Å². The van der Waals surface area contributed by atoms with E-state index in [0.717, 1.165) is 19.3 Å². The van der Waals surface area contributed by atoms with Crippen molar-refractivity contribution in [2.45, 2.75) is 37.2 Å². The van der Waals surface area contributed by atoms with Crippen LogP contribution in [-0.4, -0.2) is 21.4 Å². The number of thioether (sulfide) groups is 2. The van der Waals surface area contributed by atoms with E-state index in [1.807, 2.05) is 0 Å². The molecule has 0 aromatic rings. The van der Waals surface area contributed by atoms with E-state index in [0.29, 0.717) is 21.7 Å². The zero-order valence-electron chi connectivity index (χ0n) is 8.91. The van der Waals surface area contributed by atoms with E-state index < -0.39 is 0 Å². The second-order valence-electron chi connectivity index (χ2n) is 4.42. The van der Waals surface area contributed by atoms with E-state index in [9.17, 15) is 4.79 Å². The maximum absolute atomic E-state index is 11.9. The standard InChI is InChI=1S/C11H18OS2/c1-3-9-7-11(13-4-5-14-11)6-8(2)10(9)12/h8-9H,3-7H2,1-2H3. The Bertz CT molecular complexity index is 233. The molecule has 1 spiro atoms. The molecule has 1 heterocycles. The Morgan fingerprint density at radius 2 is 2.00 bits per heavy atom. The van der Waals surface area contributed by atoms with Crippen molar-refractivity contribution in [3.63, 3.8) is 0 Å². The highest BCUT2D eigenvalue weighted by molar-refractivity contribution is 8.21. The van der Waals surface area contributed by atoms with Crippen LogP contribution in [0.15, 0.2) is 0 Å². The molecule has 2 unspecified atom stereocenters. The van der Waals surface area contributed by atoms with Crippen molar-refractivity contribution in [3.8, 4) is 0 Å². The molecule has 1 saturated heterocycles. The Hall–Kier alpha value is 0.370. The van der Waals surface area contributed by atoms with E-state index in [4.69, 9.17) is 0 Å². The Kier molecular flexibility index (Phi) is 3.18. The maximum atomic E-state index is 11.9. The third-order valence-electron chi connectivity index (χ3n) is 3.37. The first kappa shape index (κ1) is 10.9. The zero-order valence-corrected chi connectivity index (χ0v) is 10.5. The lowest BCUT2D eigenvalue weighted by Crippen LogP contribution is -2.38. The van der Waals surface area contributed by atoms with Crippen LogP contribution in [0.2, 0.25) is 0 Å². The molecule has 3 heteroatoms. The van der Waals surface area contributed by atoms with Crippen molar-refractivity contribution < 1.29 is 4.79 Å². The second-order valence-corrected chi connectivity index (χ2v) is 7.64. The molecule has 1 aliphatic heterocycles.